The van der Waals surface area contributed by atoms with E-state index in [2.05, 4.69) is 9.97 Å². The predicted molar refractivity (Wildman–Crippen MR) is 64.7 cm³/mol. The van der Waals surface area contributed by atoms with Crippen LogP contribution >= 0.6 is 0 Å². The molecular weight excluding hydrogens is 216 g/mol. The van der Waals surface area contributed by atoms with E-state index in [9.17, 15) is 4.79 Å². The van der Waals surface area contributed by atoms with Crippen LogP contribution in [-0.2, 0) is 0 Å². The standard InChI is InChI=1S/C12H14N4O/c1-7-14-10-3-2-8(4-11(10)15-7)12(17)16-5-9(13)6-16/h2-4,9H,5-6,13H2,1H3,(H,14,15). The Balaban J connectivity index is 1.92. The van der Waals surface area contributed by atoms with Crippen molar-refractivity contribution in [1.82, 2.24) is 14.9 Å². The smallest absolute Gasteiger partial charge is 0.254 e. The van der Waals surface area contributed by atoms with E-state index in [1.54, 1.807) is 4.90 Å². The molecule has 17 heavy (non-hydrogen) atoms. The number of carbonyl (C=O) groups is 1. The number of H-pyrrole nitrogens is 1. The van der Waals surface area contributed by atoms with E-state index in [4.69, 9.17) is 5.73 Å². The summed E-state index contributed by atoms with van der Waals surface area (Å²) >= 11 is 0. The Morgan fingerprint density at radius 1 is 1.53 bits per heavy atom. The quantitative estimate of drug-likeness (QED) is 0.755. The number of aryl methyl sites for hydroxylation is 1. The van der Waals surface area contributed by atoms with Crippen LogP contribution in [-0.4, -0.2) is 39.9 Å². The summed E-state index contributed by atoms with van der Waals surface area (Å²) in [6.07, 6.45) is 0. The Bertz CT molecular complexity index is 583. The fourth-order valence-corrected chi connectivity index (χ4v) is 2.13. The molecule has 0 bridgehead atoms. The van der Waals surface area contributed by atoms with Crippen LogP contribution in [0.4, 0.5) is 0 Å². The maximum Gasteiger partial charge on any atom is 0.254 e. The lowest BCUT2D eigenvalue weighted by molar-refractivity contribution is 0.0608. The molecule has 1 amide bonds. The van der Waals surface area contributed by atoms with Gasteiger partial charge in [-0.1, -0.05) is 0 Å². The van der Waals surface area contributed by atoms with Crippen molar-refractivity contribution in [2.24, 2.45) is 5.73 Å². The Morgan fingerprint density at radius 2 is 2.29 bits per heavy atom. The summed E-state index contributed by atoms with van der Waals surface area (Å²) in [6.45, 7) is 3.20. The molecule has 0 aliphatic carbocycles. The first-order valence-electron chi connectivity index (χ1n) is 5.65. The van der Waals surface area contributed by atoms with E-state index >= 15 is 0 Å². The van der Waals surface area contributed by atoms with Crippen molar-refractivity contribution in [2.75, 3.05) is 13.1 Å². The predicted octanol–water partition coefficient (Wildman–Crippen LogP) is 0.654. The number of aromatic amines is 1. The SMILES string of the molecule is Cc1nc2ccc(C(=O)N3CC(N)C3)cc2[nH]1. The van der Waals surface area contributed by atoms with Gasteiger partial charge in [-0.3, -0.25) is 4.79 Å². The van der Waals surface area contributed by atoms with Crippen LogP contribution in [0, 0.1) is 6.92 Å². The minimum Gasteiger partial charge on any atom is -0.342 e. The fraction of sp³-hybridized carbons (Fsp3) is 0.333. The van der Waals surface area contributed by atoms with Gasteiger partial charge in [0.1, 0.15) is 5.82 Å². The number of imidazole rings is 1. The topological polar surface area (TPSA) is 75.0 Å². The lowest BCUT2D eigenvalue weighted by Crippen LogP contribution is -2.57. The van der Waals surface area contributed by atoms with E-state index in [1.165, 1.54) is 0 Å². The first-order chi connectivity index (χ1) is 8.13. The zero-order valence-electron chi connectivity index (χ0n) is 9.60. The normalized spacial score (nSPS) is 16.2. The van der Waals surface area contributed by atoms with Crippen molar-refractivity contribution >= 4 is 16.9 Å². The van der Waals surface area contributed by atoms with Gasteiger partial charge in [0.25, 0.3) is 5.91 Å². The summed E-state index contributed by atoms with van der Waals surface area (Å²) in [6, 6.07) is 5.67. The lowest BCUT2D eigenvalue weighted by atomic mass is 10.1. The number of rotatable bonds is 1. The van der Waals surface area contributed by atoms with Gasteiger partial charge in [-0.05, 0) is 25.1 Å². The van der Waals surface area contributed by atoms with Gasteiger partial charge >= 0.3 is 0 Å². The van der Waals surface area contributed by atoms with Gasteiger partial charge in [-0.2, -0.15) is 0 Å². The van der Waals surface area contributed by atoms with Gasteiger partial charge in [0.15, 0.2) is 0 Å². The first-order valence-corrected chi connectivity index (χ1v) is 5.65. The zero-order chi connectivity index (χ0) is 12.0. The molecule has 1 aromatic carbocycles. The Hall–Kier alpha value is -1.88. The highest BCUT2D eigenvalue weighted by Crippen LogP contribution is 2.17. The molecule has 0 unspecified atom stereocenters. The van der Waals surface area contributed by atoms with E-state index in [1.807, 2.05) is 25.1 Å². The Kier molecular flexibility index (Phi) is 2.16. The number of likely N-dealkylation sites (tertiary alicyclic amines) is 1. The summed E-state index contributed by atoms with van der Waals surface area (Å²) in [5.74, 6) is 0.899. The molecule has 0 saturated carbocycles. The van der Waals surface area contributed by atoms with Gasteiger partial charge < -0.3 is 15.6 Å². The molecular formula is C12H14N4O. The molecule has 1 saturated heterocycles. The van der Waals surface area contributed by atoms with Crippen LogP contribution in [0.1, 0.15) is 16.2 Å². The third kappa shape index (κ3) is 1.68. The molecule has 88 valence electrons. The summed E-state index contributed by atoms with van der Waals surface area (Å²) < 4.78 is 0. The second-order valence-corrected chi connectivity index (χ2v) is 4.52. The lowest BCUT2D eigenvalue weighted by Gasteiger charge is -2.36. The fourth-order valence-electron chi connectivity index (χ4n) is 2.13. The van der Waals surface area contributed by atoms with Crippen molar-refractivity contribution in [2.45, 2.75) is 13.0 Å². The molecule has 1 fully saturated rings. The first kappa shape index (κ1) is 10.3. The Labute approximate surface area is 98.6 Å². The molecule has 3 rings (SSSR count). The van der Waals surface area contributed by atoms with Crippen LogP contribution in [0.15, 0.2) is 18.2 Å². The highest BCUT2D eigenvalue weighted by molar-refractivity contribution is 5.97. The molecule has 5 heteroatoms. The number of hydrogen-bond donors (Lipinski definition) is 2. The zero-order valence-corrected chi connectivity index (χ0v) is 9.60. The van der Waals surface area contributed by atoms with E-state index in [-0.39, 0.29) is 11.9 Å². The molecule has 0 spiro atoms. The number of amides is 1. The highest BCUT2D eigenvalue weighted by atomic mass is 16.2. The van der Waals surface area contributed by atoms with Crippen molar-refractivity contribution in [3.63, 3.8) is 0 Å². The average molecular weight is 230 g/mol. The molecule has 1 aliphatic rings. The summed E-state index contributed by atoms with van der Waals surface area (Å²) in [7, 11) is 0. The molecule has 1 aliphatic heterocycles. The third-order valence-electron chi connectivity index (χ3n) is 3.04. The second kappa shape index (κ2) is 3.56. The number of nitrogens with two attached hydrogens (primary N) is 1. The van der Waals surface area contributed by atoms with E-state index in [0.717, 1.165) is 16.9 Å². The van der Waals surface area contributed by atoms with Crippen molar-refractivity contribution < 1.29 is 4.79 Å². The van der Waals surface area contributed by atoms with Gasteiger partial charge in [-0.25, -0.2) is 4.98 Å². The van der Waals surface area contributed by atoms with Crippen LogP contribution in [0.3, 0.4) is 0 Å². The van der Waals surface area contributed by atoms with E-state index in [0.29, 0.717) is 18.7 Å². The number of nitrogens with one attached hydrogen (secondary N) is 1. The molecule has 1 aromatic heterocycles. The minimum atomic E-state index is 0.0425. The van der Waals surface area contributed by atoms with Gasteiger partial charge in [0, 0.05) is 24.7 Å². The van der Waals surface area contributed by atoms with Crippen LogP contribution < -0.4 is 5.73 Å². The second-order valence-electron chi connectivity index (χ2n) is 4.52. The number of benzene rings is 1. The number of nitrogens with zero attached hydrogens (tertiary/aromatic N) is 2. The summed E-state index contributed by atoms with van der Waals surface area (Å²) in [5.41, 5.74) is 8.15. The average Bonchev–Trinajstić information content (AvgIpc) is 2.62. The Morgan fingerprint density at radius 3 is 3.00 bits per heavy atom. The maximum absolute atomic E-state index is 12.1. The molecule has 2 aromatic rings. The number of fused-ring (bicyclic) bond motifs is 1. The highest BCUT2D eigenvalue weighted by Gasteiger charge is 2.28. The van der Waals surface area contributed by atoms with Crippen LogP contribution in [0.2, 0.25) is 0 Å². The van der Waals surface area contributed by atoms with Gasteiger partial charge in [0.05, 0.1) is 11.0 Å². The van der Waals surface area contributed by atoms with Gasteiger partial charge in [-0.15, -0.1) is 0 Å². The van der Waals surface area contributed by atoms with Crippen molar-refractivity contribution in [3.8, 4) is 0 Å². The van der Waals surface area contributed by atoms with E-state index < -0.39 is 0 Å². The number of carbonyl (C=O) groups excluding carboxylic acids is 1. The number of aromatic nitrogens is 2. The summed E-state index contributed by atoms with van der Waals surface area (Å²) in [4.78, 5) is 21.3. The molecule has 0 radical (unpaired) electrons. The van der Waals surface area contributed by atoms with Crippen molar-refractivity contribution in [3.05, 3.63) is 29.6 Å². The largest absolute Gasteiger partial charge is 0.342 e. The van der Waals surface area contributed by atoms with Gasteiger partial charge in [0.2, 0.25) is 0 Å². The van der Waals surface area contributed by atoms with Crippen molar-refractivity contribution in [1.29, 1.82) is 0 Å². The van der Waals surface area contributed by atoms with Crippen LogP contribution in [0.25, 0.3) is 11.0 Å². The maximum atomic E-state index is 12.1. The molecule has 2 heterocycles. The summed E-state index contributed by atoms with van der Waals surface area (Å²) in [5, 5.41) is 0. The monoisotopic (exact) mass is 230 g/mol. The molecule has 5 nitrogen and oxygen atoms in total. The number of hydrogen-bond acceptors (Lipinski definition) is 3. The molecule has 3 N–H and O–H groups in total. The van der Waals surface area contributed by atoms with Crippen LogP contribution in [0.5, 0.6) is 0 Å². The minimum absolute atomic E-state index is 0.0425. The third-order valence-corrected chi connectivity index (χ3v) is 3.04. The molecule has 0 atom stereocenters.